The van der Waals surface area contributed by atoms with Crippen molar-refractivity contribution < 1.29 is 18.3 Å². The first-order valence-electron chi connectivity index (χ1n) is 6.46. The second-order valence-electron chi connectivity index (χ2n) is 5.23. The number of nitrogens with one attached hydrogen (secondary N) is 1. The van der Waals surface area contributed by atoms with E-state index < -0.39 is 16.0 Å². The molecular weight excluding hydrogens is 380 g/mol. The van der Waals surface area contributed by atoms with E-state index in [0.29, 0.717) is 9.83 Å². The predicted octanol–water partition coefficient (Wildman–Crippen LogP) is 1.97. The molecule has 0 bridgehead atoms. The molecule has 0 radical (unpaired) electrons. The van der Waals surface area contributed by atoms with E-state index >= 15 is 0 Å². The lowest BCUT2D eigenvalue weighted by molar-refractivity contribution is 0.0702. The third-order valence-electron chi connectivity index (χ3n) is 3.69. The molecular formula is C12H17BrN2O4S2. The number of likely N-dealkylation sites (tertiary alicyclic amines) is 1. The summed E-state index contributed by atoms with van der Waals surface area (Å²) >= 11 is 4.04. The Morgan fingerprint density at radius 3 is 2.76 bits per heavy atom. The molecule has 0 amide bonds. The van der Waals surface area contributed by atoms with Gasteiger partial charge >= 0.3 is 5.97 Å². The zero-order chi connectivity index (χ0) is 15.8. The van der Waals surface area contributed by atoms with Crippen LogP contribution >= 0.6 is 27.3 Å². The van der Waals surface area contributed by atoms with Gasteiger partial charge in [0.15, 0.2) is 0 Å². The maximum atomic E-state index is 12.4. The molecule has 1 saturated heterocycles. The first kappa shape index (κ1) is 16.9. The smallest absolute Gasteiger partial charge is 0.345 e. The van der Waals surface area contributed by atoms with Gasteiger partial charge in [0.1, 0.15) is 9.77 Å². The molecule has 2 N–H and O–H groups in total. The Hall–Kier alpha value is -0.480. The SMILES string of the molecule is CC1CC(NS(=O)(=O)c2cc(C(=O)O)sc2Br)CCN1C. The third-order valence-corrected chi connectivity index (χ3v) is 7.45. The van der Waals surface area contributed by atoms with Gasteiger partial charge in [-0.05, 0) is 55.4 Å². The highest BCUT2D eigenvalue weighted by Crippen LogP contribution is 2.32. The van der Waals surface area contributed by atoms with Crippen molar-refractivity contribution in [2.45, 2.75) is 36.7 Å². The minimum absolute atomic E-state index is 0.000930. The summed E-state index contributed by atoms with van der Waals surface area (Å²) in [6.45, 7) is 2.89. The third kappa shape index (κ3) is 3.84. The van der Waals surface area contributed by atoms with E-state index in [9.17, 15) is 13.2 Å². The van der Waals surface area contributed by atoms with Gasteiger partial charge in [-0.15, -0.1) is 11.3 Å². The highest BCUT2D eigenvalue weighted by atomic mass is 79.9. The van der Waals surface area contributed by atoms with E-state index in [1.54, 1.807) is 0 Å². The number of piperidine rings is 1. The van der Waals surface area contributed by atoms with Crippen molar-refractivity contribution >= 4 is 43.3 Å². The van der Waals surface area contributed by atoms with Crippen LogP contribution in [0.2, 0.25) is 0 Å². The van der Waals surface area contributed by atoms with Gasteiger partial charge in [-0.2, -0.15) is 0 Å². The van der Waals surface area contributed by atoms with Crippen molar-refractivity contribution in [3.8, 4) is 0 Å². The van der Waals surface area contributed by atoms with Crippen LogP contribution in [0, 0.1) is 0 Å². The Labute approximate surface area is 136 Å². The van der Waals surface area contributed by atoms with Crippen LogP contribution in [-0.4, -0.2) is 50.1 Å². The molecule has 21 heavy (non-hydrogen) atoms. The number of halogens is 1. The van der Waals surface area contributed by atoms with E-state index in [-0.39, 0.29) is 15.8 Å². The molecule has 2 atom stereocenters. The van der Waals surface area contributed by atoms with E-state index in [4.69, 9.17) is 5.11 Å². The average Bonchev–Trinajstić information content (AvgIpc) is 2.77. The van der Waals surface area contributed by atoms with Crippen molar-refractivity contribution in [2.24, 2.45) is 0 Å². The predicted molar refractivity (Wildman–Crippen MR) is 84.4 cm³/mol. The van der Waals surface area contributed by atoms with E-state index in [1.807, 2.05) is 7.05 Å². The summed E-state index contributed by atoms with van der Waals surface area (Å²) in [7, 11) is -1.69. The normalized spacial score (nSPS) is 24.1. The molecule has 2 rings (SSSR count). The molecule has 1 fully saturated rings. The van der Waals surface area contributed by atoms with Crippen LogP contribution in [0.5, 0.6) is 0 Å². The molecule has 2 heterocycles. The van der Waals surface area contributed by atoms with Crippen LogP contribution in [-0.2, 0) is 10.0 Å². The van der Waals surface area contributed by atoms with Crippen LogP contribution in [0.15, 0.2) is 14.7 Å². The van der Waals surface area contributed by atoms with Gasteiger partial charge in [0.2, 0.25) is 10.0 Å². The zero-order valence-electron chi connectivity index (χ0n) is 11.7. The number of nitrogens with zero attached hydrogens (tertiary/aromatic N) is 1. The fourth-order valence-electron chi connectivity index (χ4n) is 2.32. The number of carbonyl (C=O) groups is 1. The van der Waals surface area contributed by atoms with Gasteiger partial charge < -0.3 is 10.0 Å². The molecule has 0 aliphatic carbocycles. The van der Waals surface area contributed by atoms with Gasteiger partial charge in [-0.3, -0.25) is 0 Å². The van der Waals surface area contributed by atoms with Gasteiger partial charge in [0, 0.05) is 12.1 Å². The van der Waals surface area contributed by atoms with Crippen molar-refractivity contribution in [2.75, 3.05) is 13.6 Å². The van der Waals surface area contributed by atoms with Crippen LogP contribution in [0.25, 0.3) is 0 Å². The Bertz CT molecular complexity index is 644. The molecule has 1 aliphatic heterocycles. The van der Waals surface area contributed by atoms with Crippen LogP contribution in [0.1, 0.15) is 29.4 Å². The lowest BCUT2D eigenvalue weighted by Gasteiger charge is -2.35. The van der Waals surface area contributed by atoms with Crippen molar-refractivity contribution in [1.29, 1.82) is 0 Å². The van der Waals surface area contributed by atoms with E-state index in [1.165, 1.54) is 6.07 Å². The summed E-state index contributed by atoms with van der Waals surface area (Å²) in [5, 5.41) is 8.94. The Kier molecular flexibility index (Phi) is 5.09. The fourth-order valence-corrected chi connectivity index (χ4v) is 6.01. The first-order chi connectivity index (χ1) is 9.70. The van der Waals surface area contributed by atoms with Crippen molar-refractivity contribution in [3.63, 3.8) is 0 Å². The number of thiophene rings is 1. The molecule has 0 saturated carbocycles. The lowest BCUT2D eigenvalue weighted by atomic mass is 10.0. The molecule has 6 nitrogen and oxygen atoms in total. The average molecular weight is 397 g/mol. The molecule has 2 unspecified atom stereocenters. The second-order valence-corrected chi connectivity index (χ2v) is 9.28. The number of carboxylic acid groups (broad SMARTS) is 1. The van der Waals surface area contributed by atoms with Gasteiger partial charge in [0.25, 0.3) is 0 Å². The summed E-state index contributed by atoms with van der Waals surface area (Å²) in [4.78, 5) is 13.1. The summed E-state index contributed by atoms with van der Waals surface area (Å²) in [6, 6.07) is 1.38. The zero-order valence-corrected chi connectivity index (χ0v) is 14.9. The topological polar surface area (TPSA) is 86.7 Å². The number of hydrogen-bond acceptors (Lipinski definition) is 5. The number of carboxylic acids is 1. The molecule has 0 spiro atoms. The molecule has 1 aromatic rings. The molecule has 1 aromatic heterocycles. The highest BCUT2D eigenvalue weighted by Gasteiger charge is 2.29. The number of hydrogen-bond donors (Lipinski definition) is 2. The molecule has 1 aliphatic rings. The molecule has 118 valence electrons. The maximum Gasteiger partial charge on any atom is 0.345 e. The Morgan fingerprint density at radius 1 is 1.57 bits per heavy atom. The largest absolute Gasteiger partial charge is 0.477 e. The standard InChI is InChI=1S/C12H17BrN2O4S2/c1-7-5-8(3-4-15(7)2)14-21(18,19)10-6-9(12(16)17)20-11(10)13/h6-8,14H,3-5H2,1-2H3,(H,16,17). The van der Waals surface area contributed by atoms with E-state index in [2.05, 4.69) is 32.5 Å². The number of sulfonamides is 1. The van der Waals surface area contributed by atoms with Crippen LogP contribution in [0.4, 0.5) is 0 Å². The highest BCUT2D eigenvalue weighted by molar-refractivity contribution is 9.11. The van der Waals surface area contributed by atoms with Crippen LogP contribution < -0.4 is 4.72 Å². The Balaban J connectivity index is 2.17. The summed E-state index contributed by atoms with van der Waals surface area (Å²) < 4.78 is 27.8. The minimum Gasteiger partial charge on any atom is -0.477 e. The lowest BCUT2D eigenvalue weighted by Crippen LogP contribution is -2.47. The quantitative estimate of drug-likeness (QED) is 0.811. The van der Waals surface area contributed by atoms with E-state index in [0.717, 1.165) is 30.7 Å². The second kappa shape index (κ2) is 6.33. The van der Waals surface area contributed by atoms with Gasteiger partial charge in [-0.1, -0.05) is 0 Å². The number of aromatic carboxylic acids is 1. The first-order valence-corrected chi connectivity index (χ1v) is 9.55. The summed E-state index contributed by atoms with van der Waals surface area (Å²) in [5.74, 6) is -1.13. The Morgan fingerprint density at radius 2 is 2.24 bits per heavy atom. The summed E-state index contributed by atoms with van der Waals surface area (Å²) in [5.41, 5.74) is 0. The summed E-state index contributed by atoms with van der Waals surface area (Å²) in [6.07, 6.45) is 1.48. The fraction of sp³-hybridized carbons (Fsp3) is 0.583. The van der Waals surface area contributed by atoms with Crippen molar-refractivity contribution in [1.82, 2.24) is 9.62 Å². The van der Waals surface area contributed by atoms with Gasteiger partial charge in [-0.25, -0.2) is 17.9 Å². The monoisotopic (exact) mass is 396 g/mol. The number of rotatable bonds is 4. The molecule has 9 heteroatoms. The molecule has 0 aromatic carbocycles. The van der Waals surface area contributed by atoms with Gasteiger partial charge in [0.05, 0.1) is 3.79 Å². The van der Waals surface area contributed by atoms with Crippen molar-refractivity contribution in [3.05, 3.63) is 14.7 Å². The van der Waals surface area contributed by atoms with Crippen LogP contribution in [0.3, 0.4) is 0 Å². The minimum atomic E-state index is -3.71. The maximum absolute atomic E-state index is 12.4.